The van der Waals surface area contributed by atoms with Crippen LogP contribution in [0.25, 0.3) is 0 Å². The number of aliphatic hydroxyl groups is 2. The highest BCUT2D eigenvalue weighted by molar-refractivity contribution is 5.66. The van der Waals surface area contributed by atoms with Crippen LogP contribution in [-0.4, -0.2) is 33.5 Å². The second kappa shape index (κ2) is 9.40. The molecule has 0 bridgehead atoms. The average molecular weight is 434 g/mol. The average Bonchev–Trinajstić information content (AvgIpc) is 3.07. The number of aliphatic hydroxyl groups excluding tert-OH is 2. The fourth-order valence-electron chi connectivity index (χ4n) is 8.71. The Morgan fingerprint density at radius 3 is 2.42 bits per heavy atom. The fourth-order valence-corrected chi connectivity index (χ4v) is 8.71. The topological polar surface area (TPSA) is 102 Å². The summed E-state index contributed by atoms with van der Waals surface area (Å²) >= 11 is 0. The second-order valence-corrected chi connectivity index (χ2v) is 11.5. The molecule has 5 heteroatoms. The predicted octanol–water partition coefficient (Wildman–Crippen LogP) is 5.01. The van der Waals surface area contributed by atoms with Gasteiger partial charge in [-0.3, -0.25) is 4.79 Å². The molecule has 0 aromatic heterocycles. The summed E-state index contributed by atoms with van der Waals surface area (Å²) in [6.07, 6.45) is 9.26. The number of hydrogen-bond donors (Lipinski definition) is 3. The molecule has 10 atom stereocenters. The minimum Gasteiger partial charge on any atom is -0.481 e. The SMILES string of the molecule is CC#N.C[C@H](CCC(=O)O)[C@H]1CC[C@H]2[C@@H]3CC[C@@H]4C[C@H](O)CC[C@]4(C)[C@H]3C[C@H](O)[C@]12C. The Morgan fingerprint density at radius 1 is 1.10 bits per heavy atom. The lowest BCUT2D eigenvalue weighted by Gasteiger charge is -2.62. The van der Waals surface area contributed by atoms with Crippen LogP contribution in [0.1, 0.15) is 91.9 Å². The number of fused-ring (bicyclic) bond motifs is 5. The highest BCUT2D eigenvalue weighted by atomic mass is 16.4. The van der Waals surface area contributed by atoms with Gasteiger partial charge in [0.25, 0.3) is 0 Å². The minimum absolute atomic E-state index is 0.0591. The molecule has 3 N–H and O–H groups in total. The van der Waals surface area contributed by atoms with Crippen molar-refractivity contribution < 1.29 is 20.1 Å². The van der Waals surface area contributed by atoms with Crippen molar-refractivity contribution in [3.05, 3.63) is 0 Å². The first-order valence-electron chi connectivity index (χ1n) is 12.5. The number of hydrogen-bond acceptors (Lipinski definition) is 4. The van der Waals surface area contributed by atoms with E-state index in [1.807, 2.05) is 0 Å². The van der Waals surface area contributed by atoms with Crippen LogP contribution in [-0.2, 0) is 4.79 Å². The monoisotopic (exact) mass is 433 g/mol. The molecule has 5 nitrogen and oxygen atoms in total. The zero-order chi connectivity index (χ0) is 23.0. The van der Waals surface area contributed by atoms with E-state index in [0.717, 1.165) is 38.5 Å². The molecule has 0 heterocycles. The summed E-state index contributed by atoms with van der Waals surface area (Å²) in [4.78, 5) is 11.1. The van der Waals surface area contributed by atoms with Crippen molar-refractivity contribution in [2.45, 2.75) is 104 Å². The third-order valence-electron chi connectivity index (χ3n) is 10.3. The number of nitrogens with zero attached hydrogens (tertiary/aromatic N) is 1. The minimum atomic E-state index is -0.707. The number of carboxylic acid groups (broad SMARTS) is 1. The van der Waals surface area contributed by atoms with Crippen LogP contribution in [0.2, 0.25) is 0 Å². The van der Waals surface area contributed by atoms with Crippen molar-refractivity contribution in [3.8, 4) is 6.07 Å². The van der Waals surface area contributed by atoms with Crippen LogP contribution in [0.5, 0.6) is 0 Å². The summed E-state index contributed by atoms with van der Waals surface area (Å²) in [5.41, 5.74) is 0.216. The lowest BCUT2D eigenvalue weighted by molar-refractivity contribution is -0.175. The molecule has 4 fully saturated rings. The van der Waals surface area contributed by atoms with Crippen LogP contribution in [0.3, 0.4) is 0 Å². The smallest absolute Gasteiger partial charge is 0.303 e. The van der Waals surface area contributed by atoms with E-state index in [2.05, 4.69) is 20.8 Å². The van der Waals surface area contributed by atoms with E-state index < -0.39 is 5.97 Å². The van der Waals surface area contributed by atoms with Gasteiger partial charge >= 0.3 is 5.97 Å². The number of carbonyl (C=O) groups is 1. The van der Waals surface area contributed by atoms with E-state index in [0.29, 0.717) is 35.5 Å². The molecule has 0 aliphatic heterocycles. The van der Waals surface area contributed by atoms with Gasteiger partial charge in [0.1, 0.15) is 0 Å². The van der Waals surface area contributed by atoms with E-state index in [1.54, 1.807) is 6.07 Å². The molecule has 4 aliphatic rings. The molecule has 4 aliphatic carbocycles. The highest BCUT2D eigenvalue weighted by Crippen LogP contribution is 2.68. The number of aliphatic carboxylic acids is 1. The van der Waals surface area contributed by atoms with Gasteiger partial charge in [-0.1, -0.05) is 20.8 Å². The van der Waals surface area contributed by atoms with E-state index in [9.17, 15) is 15.0 Å². The Kier molecular flexibility index (Phi) is 7.43. The van der Waals surface area contributed by atoms with Gasteiger partial charge in [0.2, 0.25) is 0 Å². The molecule has 31 heavy (non-hydrogen) atoms. The molecule has 176 valence electrons. The van der Waals surface area contributed by atoms with Gasteiger partial charge in [0.05, 0.1) is 18.3 Å². The third-order valence-corrected chi connectivity index (χ3v) is 10.3. The van der Waals surface area contributed by atoms with Crippen LogP contribution < -0.4 is 0 Å². The van der Waals surface area contributed by atoms with Gasteiger partial charge in [0, 0.05) is 13.3 Å². The van der Waals surface area contributed by atoms with Crippen LogP contribution in [0, 0.1) is 57.7 Å². The summed E-state index contributed by atoms with van der Waals surface area (Å²) < 4.78 is 0. The van der Waals surface area contributed by atoms with Crippen LogP contribution in [0.15, 0.2) is 0 Å². The summed E-state index contributed by atoms with van der Waals surface area (Å²) in [5.74, 6) is 2.55. The Labute approximate surface area is 188 Å². The Bertz CT molecular complexity index is 689. The zero-order valence-electron chi connectivity index (χ0n) is 19.9. The van der Waals surface area contributed by atoms with Crippen molar-refractivity contribution in [2.75, 3.05) is 0 Å². The quantitative estimate of drug-likeness (QED) is 0.578. The van der Waals surface area contributed by atoms with Gasteiger partial charge in [-0.2, -0.15) is 5.26 Å². The molecular weight excluding hydrogens is 390 g/mol. The number of nitriles is 1. The standard InChI is InChI=1S/C24H40O4.C2H3N/c1-14(4-9-22(27)28)18-7-8-19-17-6-5-15-12-16(25)10-11-23(15,2)20(17)13-21(26)24(18,19)3;1-2-3/h14-21,25-26H,4-13H2,1-3H3,(H,27,28);1H3/t14-,15-,16-,17+,18-,19+,20+,21+,23+,24-;/m1./s1. The molecule has 0 aromatic rings. The normalized spacial score (nSPS) is 46.9. The third kappa shape index (κ3) is 4.27. The zero-order valence-corrected chi connectivity index (χ0v) is 19.9. The van der Waals surface area contributed by atoms with Gasteiger partial charge < -0.3 is 15.3 Å². The first-order valence-corrected chi connectivity index (χ1v) is 12.5. The molecule has 0 amide bonds. The number of carboxylic acids is 1. The van der Waals surface area contributed by atoms with Gasteiger partial charge in [-0.05, 0) is 104 Å². The lowest BCUT2D eigenvalue weighted by Crippen LogP contribution is -2.58. The predicted molar refractivity (Wildman–Crippen MR) is 120 cm³/mol. The summed E-state index contributed by atoms with van der Waals surface area (Å²) in [6, 6.07) is 1.75. The van der Waals surface area contributed by atoms with Crippen molar-refractivity contribution >= 4 is 5.97 Å². The van der Waals surface area contributed by atoms with Gasteiger partial charge in [-0.15, -0.1) is 0 Å². The van der Waals surface area contributed by atoms with Gasteiger partial charge in [-0.25, -0.2) is 0 Å². The lowest BCUT2D eigenvalue weighted by atomic mass is 9.43. The molecule has 0 spiro atoms. The summed E-state index contributed by atoms with van der Waals surface area (Å²) in [5, 5.41) is 38.1. The first-order chi connectivity index (χ1) is 14.6. The maximum atomic E-state index is 11.5. The molecular formula is C26H43NO4. The maximum Gasteiger partial charge on any atom is 0.303 e. The van der Waals surface area contributed by atoms with E-state index in [-0.39, 0.29) is 29.5 Å². The fraction of sp³-hybridized carbons (Fsp3) is 0.923. The van der Waals surface area contributed by atoms with Crippen molar-refractivity contribution in [3.63, 3.8) is 0 Å². The van der Waals surface area contributed by atoms with Crippen LogP contribution >= 0.6 is 0 Å². The summed E-state index contributed by atoms with van der Waals surface area (Å²) in [7, 11) is 0. The number of rotatable bonds is 4. The molecule has 4 saturated carbocycles. The van der Waals surface area contributed by atoms with E-state index >= 15 is 0 Å². The van der Waals surface area contributed by atoms with E-state index in [4.69, 9.17) is 10.4 Å². The van der Waals surface area contributed by atoms with E-state index in [1.165, 1.54) is 26.2 Å². The molecule has 0 radical (unpaired) electrons. The van der Waals surface area contributed by atoms with Gasteiger partial charge in [0.15, 0.2) is 0 Å². The van der Waals surface area contributed by atoms with Crippen LogP contribution in [0.4, 0.5) is 0 Å². The second-order valence-electron chi connectivity index (χ2n) is 11.5. The van der Waals surface area contributed by atoms with Crippen molar-refractivity contribution in [2.24, 2.45) is 46.3 Å². The largest absolute Gasteiger partial charge is 0.481 e. The molecule has 0 aromatic carbocycles. The van der Waals surface area contributed by atoms with Crippen molar-refractivity contribution in [1.29, 1.82) is 5.26 Å². The Morgan fingerprint density at radius 2 is 1.77 bits per heavy atom. The maximum absolute atomic E-state index is 11.5. The molecule has 0 unspecified atom stereocenters. The molecule has 0 saturated heterocycles. The first kappa shape index (κ1) is 24.5. The highest BCUT2D eigenvalue weighted by Gasteiger charge is 2.63. The molecule has 4 rings (SSSR count). The Hall–Kier alpha value is -1.12. The summed E-state index contributed by atoms with van der Waals surface area (Å²) in [6.45, 7) is 8.42. The van der Waals surface area contributed by atoms with Crippen molar-refractivity contribution in [1.82, 2.24) is 0 Å². The Balaban J connectivity index is 0.000000858.